The van der Waals surface area contributed by atoms with Crippen LogP contribution in [0.3, 0.4) is 0 Å². The largest absolute Gasteiger partial charge is 0.368 e. The summed E-state index contributed by atoms with van der Waals surface area (Å²) in [5.74, 6) is -0.769. The molecule has 1 saturated heterocycles. The lowest BCUT2D eigenvalue weighted by molar-refractivity contribution is -0.146. The Labute approximate surface area is 161 Å². The van der Waals surface area contributed by atoms with E-state index in [2.05, 4.69) is 22.3 Å². The summed E-state index contributed by atoms with van der Waals surface area (Å²) in [6, 6.07) is 19.8. The van der Waals surface area contributed by atoms with Crippen molar-refractivity contribution < 1.29 is 9.59 Å². The quantitative estimate of drug-likeness (QED) is 0.848. The number of rotatable bonds is 4. The maximum Gasteiger partial charge on any atom is 0.312 e. The molecular formula is C22H27N3O2. The Kier molecular flexibility index (Phi) is 6.12. The summed E-state index contributed by atoms with van der Waals surface area (Å²) in [4.78, 5) is 29.1. The Hall–Kier alpha value is -2.82. The van der Waals surface area contributed by atoms with Crippen molar-refractivity contribution in [1.29, 1.82) is 0 Å². The number of para-hydroxylation sites is 1. The van der Waals surface area contributed by atoms with Crippen LogP contribution in [0.4, 0.5) is 5.69 Å². The summed E-state index contributed by atoms with van der Waals surface area (Å²) in [6.07, 6.45) is 0. The third-order valence-corrected chi connectivity index (χ3v) is 4.99. The van der Waals surface area contributed by atoms with E-state index in [0.717, 1.165) is 24.3 Å². The smallest absolute Gasteiger partial charge is 0.312 e. The first kappa shape index (κ1) is 19.0. The molecule has 0 aromatic heterocycles. The lowest BCUT2D eigenvalue weighted by Gasteiger charge is -2.36. The minimum atomic E-state index is -0.522. The first-order chi connectivity index (χ1) is 13.1. The van der Waals surface area contributed by atoms with Crippen LogP contribution in [0.2, 0.25) is 0 Å². The van der Waals surface area contributed by atoms with Gasteiger partial charge < -0.3 is 15.1 Å². The van der Waals surface area contributed by atoms with Gasteiger partial charge in [0.2, 0.25) is 0 Å². The van der Waals surface area contributed by atoms with Gasteiger partial charge in [0.05, 0.1) is 6.04 Å². The number of benzene rings is 2. The average molecular weight is 365 g/mol. The van der Waals surface area contributed by atoms with E-state index < -0.39 is 11.8 Å². The molecule has 1 aliphatic rings. The van der Waals surface area contributed by atoms with Crippen molar-refractivity contribution in [3.05, 3.63) is 66.2 Å². The van der Waals surface area contributed by atoms with Gasteiger partial charge in [-0.25, -0.2) is 0 Å². The van der Waals surface area contributed by atoms with Gasteiger partial charge in [-0.1, -0.05) is 62.4 Å². The van der Waals surface area contributed by atoms with Gasteiger partial charge in [0.25, 0.3) is 0 Å². The van der Waals surface area contributed by atoms with Gasteiger partial charge in [0, 0.05) is 31.9 Å². The first-order valence-corrected chi connectivity index (χ1v) is 9.51. The van der Waals surface area contributed by atoms with Crippen LogP contribution < -0.4 is 10.2 Å². The number of hydrogen-bond donors (Lipinski definition) is 1. The van der Waals surface area contributed by atoms with E-state index in [0.29, 0.717) is 13.1 Å². The Bertz CT molecular complexity index is 754. The monoisotopic (exact) mass is 365 g/mol. The maximum absolute atomic E-state index is 12.6. The molecule has 5 nitrogen and oxygen atoms in total. The predicted molar refractivity (Wildman–Crippen MR) is 107 cm³/mol. The second-order valence-electron chi connectivity index (χ2n) is 7.22. The molecule has 2 aromatic rings. The molecule has 0 spiro atoms. The number of carbonyl (C=O) groups is 2. The van der Waals surface area contributed by atoms with Gasteiger partial charge in [-0.3, -0.25) is 9.59 Å². The SMILES string of the molecule is CC(C)[C@H](NC(=O)C(=O)N1CCN(c2ccccc2)CC1)c1ccccc1. The molecule has 1 atom stereocenters. The molecule has 3 rings (SSSR count). The van der Waals surface area contributed by atoms with Crippen LogP contribution >= 0.6 is 0 Å². The highest BCUT2D eigenvalue weighted by molar-refractivity contribution is 6.35. The second kappa shape index (κ2) is 8.71. The first-order valence-electron chi connectivity index (χ1n) is 9.51. The van der Waals surface area contributed by atoms with E-state index in [1.54, 1.807) is 4.90 Å². The summed E-state index contributed by atoms with van der Waals surface area (Å²) >= 11 is 0. The number of carbonyl (C=O) groups excluding carboxylic acids is 2. The van der Waals surface area contributed by atoms with Crippen molar-refractivity contribution in [3.63, 3.8) is 0 Å². The number of hydrogen-bond acceptors (Lipinski definition) is 3. The van der Waals surface area contributed by atoms with Gasteiger partial charge in [-0.2, -0.15) is 0 Å². The fourth-order valence-electron chi connectivity index (χ4n) is 3.45. The van der Waals surface area contributed by atoms with Gasteiger partial charge in [-0.05, 0) is 23.6 Å². The Balaban J connectivity index is 1.58. The van der Waals surface area contributed by atoms with Gasteiger partial charge in [0.1, 0.15) is 0 Å². The molecule has 27 heavy (non-hydrogen) atoms. The molecule has 1 N–H and O–H groups in total. The zero-order chi connectivity index (χ0) is 19.2. The zero-order valence-corrected chi connectivity index (χ0v) is 16.0. The van der Waals surface area contributed by atoms with Gasteiger partial charge >= 0.3 is 11.8 Å². The predicted octanol–water partition coefficient (Wildman–Crippen LogP) is 2.85. The number of nitrogens with one attached hydrogen (secondary N) is 1. The third kappa shape index (κ3) is 4.67. The molecular weight excluding hydrogens is 338 g/mol. The zero-order valence-electron chi connectivity index (χ0n) is 16.0. The van der Waals surface area contributed by atoms with E-state index in [-0.39, 0.29) is 12.0 Å². The van der Waals surface area contributed by atoms with E-state index in [1.807, 2.05) is 62.4 Å². The van der Waals surface area contributed by atoms with E-state index in [4.69, 9.17) is 0 Å². The van der Waals surface area contributed by atoms with E-state index in [9.17, 15) is 9.59 Å². The third-order valence-electron chi connectivity index (χ3n) is 4.99. The molecule has 1 fully saturated rings. The summed E-state index contributed by atoms with van der Waals surface area (Å²) in [6.45, 7) is 6.66. The summed E-state index contributed by atoms with van der Waals surface area (Å²) < 4.78 is 0. The second-order valence-corrected chi connectivity index (χ2v) is 7.22. The highest BCUT2D eigenvalue weighted by Gasteiger charge is 2.28. The molecule has 0 radical (unpaired) electrons. The van der Waals surface area contributed by atoms with Crippen LogP contribution in [-0.2, 0) is 9.59 Å². The fourth-order valence-corrected chi connectivity index (χ4v) is 3.45. The molecule has 1 aliphatic heterocycles. The van der Waals surface area contributed by atoms with Crippen LogP contribution in [0.25, 0.3) is 0 Å². The van der Waals surface area contributed by atoms with E-state index in [1.165, 1.54) is 0 Å². The molecule has 0 saturated carbocycles. The minimum Gasteiger partial charge on any atom is -0.368 e. The molecule has 1 heterocycles. The van der Waals surface area contributed by atoms with Crippen LogP contribution in [0.5, 0.6) is 0 Å². The van der Waals surface area contributed by atoms with Crippen molar-refractivity contribution >= 4 is 17.5 Å². The summed E-state index contributed by atoms with van der Waals surface area (Å²) in [7, 11) is 0. The highest BCUT2D eigenvalue weighted by atomic mass is 16.2. The number of piperazine rings is 1. The number of nitrogens with zero attached hydrogens (tertiary/aromatic N) is 2. The minimum absolute atomic E-state index is 0.173. The highest BCUT2D eigenvalue weighted by Crippen LogP contribution is 2.21. The topological polar surface area (TPSA) is 52.7 Å². The average Bonchev–Trinajstić information content (AvgIpc) is 2.72. The molecule has 0 aliphatic carbocycles. The lowest BCUT2D eigenvalue weighted by Crippen LogP contribution is -2.53. The van der Waals surface area contributed by atoms with Crippen LogP contribution in [0.1, 0.15) is 25.5 Å². The van der Waals surface area contributed by atoms with Crippen molar-refractivity contribution in [1.82, 2.24) is 10.2 Å². The Morgan fingerprint density at radius 2 is 1.41 bits per heavy atom. The normalized spacial score (nSPS) is 15.5. The van der Waals surface area contributed by atoms with Crippen LogP contribution in [0.15, 0.2) is 60.7 Å². The summed E-state index contributed by atoms with van der Waals surface area (Å²) in [5.41, 5.74) is 2.17. The molecule has 2 amide bonds. The van der Waals surface area contributed by atoms with Crippen molar-refractivity contribution in [2.75, 3.05) is 31.1 Å². The number of amides is 2. The molecule has 0 unspecified atom stereocenters. The van der Waals surface area contributed by atoms with Crippen molar-refractivity contribution in [2.45, 2.75) is 19.9 Å². The molecule has 142 valence electrons. The Morgan fingerprint density at radius 3 is 1.96 bits per heavy atom. The standard InChI is InChI=1S/C22H27N3O2/c1-17(2)20(18-9-5-3-6-10-18)23-21(26)22(27)25-15-13-24(14-16-25)19-11-7-4-8-12-19/h3-12,17,20H,13-16H2,1-2H3,(H,23,26)/t20-/m0/s1. The number of anilines is 1. The molecule has 2 aromatic carbocycles. The van der Waals surface area contributed by atoms with Gasteiger partial charge in [0.15, 0.2) is 0 Å². The fraction of sp³-hybridized carbons (Fsp3) is 0.364. The van der Waals surface area contributed by atoms with Crippen LogP contribution in [-0.4, -0.2) is 42.9 Å². The van der Waals surface area contributed by atoms with E-state index >= 15 is 0 Å². The van der Waals surface area contributed by atoms with Crippen LogP contribution in [0, 0.1) is 5.92 Å². The van der Waals surface area contributed by atoms with Crippen molar-refractivity contribution in [2.24, 2.45) is 5.92 Å². The van der Waals surface area contributed by atoms with Gasteiger partial charge in [-0.15, -0.1) is 0 Å². The lowest BCUT2D eigenvalue weighted by atomic mass is 9.96. The maximum atomic E-state index is 12.6. The summed E-state index contributed by atoms with van der Waals surface area (Å²) in [5, 5.41) is 2.93. The Morgan fingerprint density at radius 1 is 0.852 bits per heavy atom. The molecule has 5 heteroatoms. The molecule has 0 bridgehead atoms. The van der Waals surface area contributed by atoms with Crippen molar-refractivity contribution in [3.8, 4) is 0 Å².